The zero-order chi connectivity index (χ0) is 20.9. The topological polar surface area (TPSA) is 69.2 Å². The summed E-state index contributed by atoms with van der Waals surface area (Å²) >= 11 is 0. The number of likely N-dealkylation sites (tertiary alicyclic amines) is 1. The summed E-state index contributed by atoms with van der Waals surface area (Å²) < 4.78 is 5.70. The normalized spacial score (nSPS) is 16.6. The monoisotopic (exact) mass is 531 g/mol. The number of carbonyl (C=O) groups excluding carboxylic acids is 1. The van der Waals surface area contributed by atoms with Crippen LogP contribution in [-0.4, -0.2) is 81.1 Å². The summed E-state index contributed by atoms with van der Waals surface area (Å²) in [6, 6.07) is 9.91. The molecule has 1 aliphatic rings. The SMILES string of the molecule is CCNC(=NCCCOc1ccccc1)NCCCN1CCCC1C(=O)N(C)C.I. The molecule has 1 fully saturated rings. The largest absolute Gasteiger partial charge is 0.494 e. The highest BCUT2D eigenvalue weighted by Crippen LogP contribution is 2.18. The summed E-state index contributed by atoms with van der Waals surface area (Å²) in [5.74, 6) is 1.96. The van der Waals surface area contributed by atoms with Crippen LogP contribution in [0, 0.1) is 0 Å². The van der Waals surface area contributed by atoms with Crippen LogP contribution >= 0.6 is 24.0 Å². The molecule has 1 amide bonds. The Morgan fingerprint density at radius 3 is 2.70 bits per heavy atom. The zero-order valence-corrected chi connectivity index (χ0v) is 20.9. The highest BCUT2D eigenvalue weighted by atomic mass is 127. The van der Waals surface area contributed by atoms with Gasteiger partial charge in [0.1, 0.15) is 5.75 Å². The molecule has 2 rings (SSSR count). The molecule has 1 unspecified atom stereocenters. The van der Waals surface area contributed by atoms with Crippen molar-refractivity contribution >= 4 is 35.8 Å². The minimum Gasteiger partial charge on any atom is -0.494 e. The van der Waals surface area contributed by atoms with Crippen LogP contribution in [0.2, 0.25) is 0 Å². The van der Waals surface area contributed by atoms with Crippen LogP contribution in [0.3, 0.4) is 0 Å². The average Bonchev–Trinajstić information content (AvgIpc) is 3.19. The second kappa shape index (κ2) is 15.3. The van der Waals surface area contributed by atoms with Crippen LogP contribution in [-0.2, 0) is 4.79 Å². The second-order valence-corrected chi connectivity index (χ2v) is 7.48. The quantitative estimate of drug-likeness (QED) is 0.199. The number of guanidine groups is 1. The molecule has 0 radical (unpaired) electrons. The van der Waals surface area contributed by atoms with Crippen molar-refractivity contribution in [1.82, 2.24) is 20.4 Å². The van der Waals surface area contributed by atoms with Crippen molar-refractivity contribution < 1.29 is 9.53 Å². The van der Waals surface area contributed by atoms with Gasteiger partial charge >= 0.3 is 0 Å². The minimum atomic E-state index is 0. The lowest BCUT2D eigenvalue weighted by Crippen LogP contribution is -2.44. The molecule has 0 spiro atoms. The number of aliphatic imine (C=N–C) groups is 1. The number of nitrogens with one attached hydrogen (secondary N) is 2. The zero-order valence-electron chi connectivity index (χ0n) is 18.6. The third-order valence-corrected chi connectivity index (χ3v) is 4.93. The van der Waals surface area contributed by atoms with Gasteiger partial charge in [0.2, 0.25) is 5.91 Å². The lowest BCUT2D eigenvalue weighted by Gasteiger charge is -2.26. The first-order valence-electron chi connectivity index (χ1n) is 10.8. The highest BCUT2D eigenvalue weighted by molar-refractivity contribution is 14.0. The number of nitrogens with zero attached hydrogens (tertiary/aromatic N) is 3. The van der Waals surface area contributed by atoms with Gasteiger partial charge < -0.3 is 20.3 Å². The number of amides is 1. The van der Waals surface area contributed by atoms with Gasteiger partial charge in [0.15, 0.2) is 5.96 Å². The molecule has 1 saturated heterocycles. The third-order valence-electron chi connectivity index (χ3n) is 4.93. The van der Waals surface area contributed by atoms with E-state index in [2.05, 4.69) is 27.4 Å². The van der Waals surface area contributed by atoms with Gasteiger partial charge in [-0.25, -0.2) is 0 Å². The molecule has 0 aliphatic carbocycles. The van der Waals surface area contributed by atoms with Gasteiger partial charge in [-0.3, -0.25) is 14.7 Å². The van der Waals surface area contributed by atoms with Crippen LogP contribution in [0.1, 0.15) is 32.6 Å². The first-order valence-corrected chi connectivity index (χ1v) is 10.8. The maximum Gasteiger partial charge on any atom is 0.239 e. The summed E-state index contributed by atoms with van der Waals surface area (Å²) in [5, 5.41) is 6.68. The smallest absolute Gasteiger partial charge is 0.239 e. The van der Waals surface area contributed by atoms with Crippen molar-refractivity contribution in [2.45, 2.75) is 38.6 Å². The summed E-state index contributed by atoms with van der Waals surface area (Å²) in [6.07, 6.45) is 3.93. The minimum absolute atomic E-state index is 0. The van der Waals surface area contributed by atoms with Gasteiger partial charge in [0, 0.05) is 46.7 Å². The molecule has 0 aromatic heterocycles. The van der Waals surface area contributed by atoms with E-state index in [1.54, 1.807) is 4.90 Å². The predicted octanol–water partition coefficient (Wildman–Crippen LogP) is 2.57. The molecule has 2 N–H and O–H groups in total. The molecule has 1 atom stereocenters. The molecule has 30 heavy (non-hydrogen) atoms. The molecule has 8 heteroatoms. The van der Waals surface area contributed by atoms with Gasteiger partial charge in [-0.15, -0.1) is 24.0 Å². The Hall–Kier alpha value is -1.55. The third kappa shape index (κ3) is 9.51. The van der Waals surface area contributed by atoms with E-state index in [9.17, 15) is 4.79 Å². The Morgan fingerprint density at radius 2 is 2.00 bits per heavy atom. The number of benzene rings is 1. The number of likely N-dealkylation sites (N-methyl/N-ethyl adjacent to an activating group) is 1. The molecule has 1 aliphatic heterocycles. The van der Waals surface area contributed by atoms with Crippen LogP contribution in [0.5, 0.6) is 5.75 Å². The van der Waals surface area contributed by atoms with E-state index in [1.807, 2.05) is 44.4 Å². The molecular formula is C22H38IN5O2. The number of hydrogen-bond donors (Lipinski definition) is 2. The molecule has 7 nitrogen and oxygen atoms in total. The number of hydrogen-bond acceptors (Lipinski definition) is 4. The van der Waals surface area contributed by atoms with E-state index in [0.29, 0.717) is 13.2 Å². The van der Waals surface area contributed by atoms with Gasteiger partial charge in [-0.05, 0) is 44.9 Å². The standard InChI is InChI=1S/C22H37N5O2.HI/c1-4-23-22(25-15-10-18-29-19-11-6-5-7-12-19)24-14-9-17-27-16-8-13-20(27)21(28)26(2)3;/h5-7,11-12,20H,4,8-10,13-18H2,1-3H3,(H2,23,24,25);1H. The second-order valence-electron chi connectivity index (χ2n) is 7.48. The van der Waals surface area contributed by atoms with E-state index in [1.165, 1.54) is 0 Å². The van der Waals surface area contributed by atoms with Crippen molar-refractivity contribution in [1.29, 1.82) is 0 Å². The summed E-state index contributed by atoms with van der Waals surface area (Å²) in [7, 11) is 3.68. The molecule has 1 aromatic carbocycles. The number of halogens is 1. The van der Waals surface area contributed by atoms with E-state index < -0.39 is 0 Å². The van der Waals surface area contributed by atoms with E-state index in [-0.39, 0.29) is 35.9 Å². The fourth-order valence-corrected chi connectivity index (χ4v) is 3.46. The van der Waals surface area contributed by atoms with Gasteiger partial charge in [0.05, 0.1) is 12.6 Å². The van der Waals surface area contributed by atoms with Crippen LogP contribution in [0.25, 0.3) is 0 Å². The van der Waals surface area contributed by atoms with Gasteiger partial charge in [-0.1, -0.05) is 18.2 Å². The van der Waals surface area contributed by atoms with E-state index in [4.69, 9.17) is 4.74 Å². The maximum atomic E-state index is 12.3. The summed E-state index contributed by atoms with van der Waals surface area (Å²) in [5.41, 5.74) is 0. The van der Waals surface area contributed by atoms with Crippen molar-refractivity contribution in [2.75, 3.05) is 53.4 Å². The van der Waals surface area contributed by atoms with Gasteiger partial charge in [0.25, 0.3) is 0 Å². The van der Waals surface area contributed by atoms with Crippen molar-refractivity contribution in [3.63, 3.8) is 0 Å². The molecule has 0 saturated carbocycles. The Balaban J connectivity index is 0.00000450. The Kier molecular flexibility index (Phi) is 13.5. The lowest BCUT2D eigenvalue weighted by molar-refractivity contribution is -0.133. The molecule has 1 aromatic rings. The van der Waals surface area contributed by atoms with Crippen molar-refractivity contribution in [3.05, 3.63) is 30.3 Å². The molecular weight excluding hydrogens is 493 g/mol. The average molecular weight is 531 g/mol. The van der Waals surface area contributed by atoms with E-state index in [0.717, 1.165) is 63.6 Å². The van der Waals surface area contributed by atoms with Crippen LogP contribution < -0.4 is 15.4 Å². The van der Waals surface area contributed by atoms with Crippen molar-refractivity contribution in [2.24, 2.45) is 4.99 Å². The first-order chi connectivity index (χ1) is 14.1. The van der Waals surface area contributed by atoms with Gasteiger partial charge in [-0.2, -0.15) is 0 Å². The lowest BCUT2D eigenvalue weighted by atomic mass is 10.2. The number of rotatable bonds is 11. The molecule has 1 heterocycles. The Morgan fingerprint density at radius 1 is 1.23 bits per heavy atom. The summed E-state index contributed by atoms with van der Waals surface area (Å²) in [6.45, 7) is 7.05. The number of ether oxygens (including phenoxy) is 1. The predicted molar refractivity (Wildman–Crippen MR) is 134 cm³/mol. The fraction of sp³-hybridized carbons (Fsp3) is 0.636. The Bertz CT molecular complexity index is 627. The fourth-order valence-electron chi connectivity index (χ4n) is 3.46. The highest BCUT2D eigenvalue weighted by Gasteiger charge is 2.30. The summed E-state index contributed by atoms with van der Waals surface area (Å²) in [4.78, 5) is 20.9. The molecule has 0 bridgehead atoms. The van der Waals surface area contributed by atoms with E-state index >= 15 is 0 Å². The van der Waals surface area contributed by atoms with Crippen molar-refractivity contribution in [3.8, 4) is 5.75 Å². The first kappa shape index (κ1) is 26.5. The number of para-hydroxylation sites is 1. The van der Waals surface area contributed by atoms with Crippen LogP contribution in [0.15, 0.2) is 35.3 Å². The molecule has 170 valence electrons. The number of carbonyl (C=O) groups is 1. The maximum absolute atomic E-state index is 12.3. The van der Waals surface area contributed by atoms with Crippen LogP contribution in [0.4, 0.5) is 0 Å². The Labute approximate surface area is 198 Å².